The zero-order chi connectivity index (χ0) is 21.2. The number of carbonyl (C=O) groups is 1. The van der Waals surface area contributed by atoms with Crippen molar-refractivity contribution in [3.8, 4) is 5.75 Å². The smallest absolute Gasteiger partial charge is 0.341 e. The van der Waals surface area contributed by atoms with Gasteiger partial charge in [0.1, 0.15) is 11.3 Å². The third kappa shape index (κ3) is 2.88. The maximum Gasteiger partial charge on any atom is 0.341 e. The van der Waals surface area contributed by atoms with Crippen LogP contribution in [0.25, 0.3) is 10.9 Å². The van der Waals surface area contributed by atoms with Crippen molar-refractivity contribution in [1.29, 1.82) is 0 Å². The van der Waals surface area contributed by atoms with E-state index in [1.807, 2.05) is 4.90 Å². The van der Waals surface area contributed by atoms with Crippen LogP contribution >= 0.6 is 0 Å². The quantitative estimate of drug-likeness (QED) is 0.828. The number of anilines is 1. The van der Waals surface area contributed by atoms with Crippen molar-refractivity contribution in [1.82, 2.24) is 9.47 Å². The lowest BCUT2D eigenvalue weighted by Crippen LogP contribution is -2.42. The number of halogens is 1. The Labute approximate surface area is 173 Å². The molecule has 1 aromatic heterocycles. The van der Waals surface area contributed by atoms with Gasteiger partial charge in [-0.3, -0.25) is 4.79 Å². The largest absolute Gasteiger partial charge is 0.492 e. The molecule has 3 fully saturated rings. The Morgan fingerprint density at radius 3 is 2.67 bits per heavy atom. The molecule has 0 unspecified atom stereocenters. The predicted molar refractivity (Wildman–Crippen MR) is 111 cm³/mol. The van der Waals surface area contributed by atoms with E-state index in [2.05, 4.69) is 11.9 Å². The topological polar surface area (TPSA) is 75.0 Å². The highest BCUT2D eigenvalue weighted by Gasteiger charge is 2.40. The summed E-state index contributed by atoms with van der Waals surface area (Å²) in [5, 5.41) is 9.53. The molecular weight excluding hydrogens is 389 g/mol. The van der Waals surface area contributed by atoms with E-state index in [1.54, 1.807) is 4.57 Å². The van der Waals surface area contributed by atoms with Crippen molar-refractivity contribution in [2.45, 2.75) is 37.8 Å². The first kappa shape index (κ1) is 19.4. The third-order valence-electron chi connectivity index (χ3n) is 6.95. The number of hydrogen-bond donors (Lipinski definition) is 1. The molecule has 160 valence electrons. The third-order valence-corrected chi connectivity index (χ3v) is 6.95. The summed E-state index contributed by atoms with van der Waals surface area (Å²) in [7, 11) is 3.60. The van der Waals surface area contributed by atoms with Gasteiger partial charge in [0, 0.05) is 31.4 Å². The van der Waals surface area contributed by atoms with E-state index in [0.717, 1.165) is 38.8 Å². The zero-order valence-electron chi connectivity index (χ0n) is 17.2. The minimum absolute atomic E-state index is 0.0635. The Bertz CT molecular complexity index is 1090. The highest BCUT2D eigenvalue weighted by Crippen LogP contribution is 2.45. The van der Waals surface area contributed by atoms with E-state index in [0.29, 0.717) is 35.5 Å². The van der Waals surface area contributed by atoms with Gasteiger partial charge in [0.2, 0.25) is 5.43 Å². The van der Waals surface area contributed by atoms with Crippen LogP contribution in [0.4, 0.5) is 10.1 Å². The van der Waals surface area contributed by atoms with Crippen molar-refractivity contribution < 1.29 is 19.0 Å². The first-order valence-corrected chi connectivity index (χ1v) is 10.5. The van der Waals surface area contributed by atoms with Crippen LogP contribution in [-0.4, -0.2) is 60.4 Å². The fourth-order valence-corrected chi connectivity index (χ4v) is 5.31. The molecule has 1 aliphatic carbocycles. The molecule has 30 heavy (non-hydrogen) atoms. The Morgan fingerprint density at radius 1 is 1.27 bits per heavy atom. The molecule has 0 radical (unpaired) electrons. The maximum absolute atomic E-state index is 15.4. The predicted octanol–water partition coefficient (Wildman–Crippen LogP) is 2.71. The van der Waals surface area contributed by atoms with Crippen molar-refractivity contribution in [3.05, 3.63) is 33.9 Å². The molecule has 1 N–H and O–H groups in total. The number of carboxylic acids is 1. The molecule has 5 rings (SSSR count). The summed E-state index contributed by atoms with van der Waals surface area (Å²) in [6.45, 7) is 2.50. The highest BCUT2D eigenvalue weighted by atomic mass is 19.1. The van der Waals surface area contributed by atoms with Crippen LogP contribution in [0, 0.1) is 11.7 Å². The standard InChI is InChI=1S/C22H26FN3O4/c1-24-7-3-4-12-9-25(11-17(12)24)19-16(23)8-14-18(21(19)30-2)26(13-5-6-13)10-15(20(14)27)22(28)29/h8,10,12-13,17H,3-7,9,11H2,1-2H3,(H,28,29)/t12-,17-/m0/s1. The summed E-state index contributed by atoms with van der Waals surface area (Å²) in [6, 6.07) is 1.68. The van der Waals surface area contributed by atoms with Crippen LogP contribution in [-0.2, 0) is 0 Å². The Balaban J connectivity index is 1.72. The molecule has 3 aliphatic rings. The molecule has 0 spiro atoms. The first-order valence-electron chi connectivity index (χ1n) is 10.5. The van der Waals surface area contributed by atoms with Gasteiger partial charge >= 0.3 is 5.97 Å². The molecule has 2 aromatic rings. The summed E-state index contributed by atoms with van der Waals surface area (Å²) in [4.78, 5) is 28.8. The van der Waals surface area contributed by atoms with Gasteiger partial charge in [-0.05, 0) is 51.3 Å². The minimum Gasteiger partial charge on any atom is -0.492 e. The fraction of sp³-hybridized carbons (Fsp3) is 0.545. The average Bonchev–Trinajstić information content (AvgIpc) is 3.46. The first-order chi connectivity index (χ1) is 14.4. The fourth-order valence-electron chi connectivity index (χ4n) is 5.31. The number of aromatic carboxylic acids is 1. The van der Waals surface area contributed by atoms with Crippen molar-refractivity contribution in [3.63, 3.8) is 0 Å². The molecule has 1 aromatic carbocycles. The number of fused-ring (bicyclic) bond motifs is 2. The molecule has 2 aliphatic heterocycles. The highest BCUT2D eigenvalue weighted by molar-refractivity contribution is 5.97. The second-order valence-electron chi connectivity index (χ2n) is 8.81. The summed E-state index contributed by atoms with van der Waals surface area (Å²) in [5.74, 6) is -1.04. The number of rotatable bonds is 4. The lowest BCUT2D eigenvalue weighted by Gasteiger charge is -2.33. The van der Waals surface area contributed by atoms with Crippen molar-refractivity contribution >= 4 is 22.6 Å². The van der Waals surface area contributed by atoms with Gasteiger partial charge in [0.15, 0.2) is 11.6 Å². The Kier molecular flexibility index (Phi) is 4.50. The number of methoxy groups -OCH3 is 1. The van der Waals surface area contributed by atoms with Gasteiger partial charge < -0.3 is 24.2 Å². The lowest BCUT2D eigenvalue weighted by molar-refractivity contribution is 0.0695. The SMILES string of the molecule is COc1c(N2C[C@@H]3CCCN(C)[C@H]3C2)c(F)cc2c(=O)c(C(=O)O)cn(C3CC3)c12. The van der Waals surface area contributed by atoms with Gasteiger partial charge in [-0.1, -0.05) is 0 Å². The van der Waals surface area contributed by atoms with E-state index in [-0.39, 0.29) is 17.0 Å². The van der Waals surface area contributed by atoms with Crippen LogP contribution in [0.1, 0.15) is 42.1 Å². The molecule has 2 atom stereocenters. The maximum atomic E-state index is 15.4. The van der Waals surface area contributed by atoms with Crippen LogP contribution in [0.15, 0.2) is 17.1 Å². The summed E-state index contributed by atoms with van der Waals surface area (Å²) in [5.41, 5.74) is -0.135. The number of piperidine rings is 1. The number of hydrogen-bond acceptors (Lipinski definition) is 5. The molecule has 0 amide bonds. The second kappa shape index (κ2) is 6.97. The number of ether oxygens (including phenoxy) is 1. The summed E-state index contributed by atoms with van der Waals surface area (Å²) in [6.07, 6.45) is 5.45. The number of pyridine rings is 1. The molecule has 3 heterocycles. The molecule has 7 nitrogen and oxygen atoms in total. The van der Waals surface area contributed by atoms with E-state index < -0.39 is 17.2 Å². The minimum atomic E-state index is -1.30. The zero-order valence-corrected chi connectivity index (χ0v) is 17.2. The van der Waals surface area contributed by atoms with Gasteiger partial charge in [0.05, 0.1) is 18.0 Å². The normalized spacial score (nSPS) is 24.3. The number of likely N-dealkylation sites (tertiary alicyclic amines) is 1. The molecule has 2 saturated heterocycles. The van der Waals surface area contributed by atoms with E-state index in [9.17, 15) is 14.7 Å². The number of nitrogens with zero attached hydrogens (tertiary/aromatic N) is 3. The number of benzene rings is 1. The monoisotopic (exact) mass is 415 g/mol. The molecular formula is C22H26FN3O4. The lowest BCUT2D eigenvalue weighted by atomic mass is 9.93. The molecule has 0 bridgehead atoms. The van der Waals surface area contributed by atoms with Crippen LogP contribution in [0.2, 0.25) is 0 Å². The summed E-state index contributed by atoms with van der Waals surface area (Å²) < 4.78 is 22.9. The van der Waals surface area contributed by atoms with Crippen LogP contribution < -0.4 is 15.1 Å². The van der Waals surface area contributed by atoms with Gasteiger partial charge in [-0.2, -0.15) is 0 Å². The number of likely N-dealkylation sites (N-methyl/N-ethyl adjacent to an activating group) is 1. The van der Waals surface area contributed by atoms with E-state index in [4.69, 9.17) is 4.74 Å². The van der Waals surface area contributed by atoms with Gasteiger partial charge in [-0.25, -0.2) is 9.18 Å². The van der Waals surface area contributed by atoms with E-state index >= 15 is 4.39 Å². The molecule has 8 heteroatoms. The second-order valence-corrected chi connectivity index (χ2v) is 8.81. The van der Waals surface area contributed by atoms with Gasteiger partial charge in [-0.15, -0.1) is 0 Å². The number of carboxylic acid groups (broad SMARTS) is 1. The molecule has 1 saturated carbocycles. The summed E-state index contributed by atoms with van der Waals surface area (Å²) >= 11 is 0. The Morgan fingerprint density at radius 2 is 2.03 bits per heavy atom. The number of aromatic nitrogens is 1. The van der Waals surface area contributed by atoms with E-state index in [1.165, 1.54) is 19.4 Å². The Hall–Kier alpha value is -2.61. The average molecular weight is 415 g/mol. The van der Waals surface area contributed by atoms with Gasteiger partial charge in [0.25, 0.3) is 0 Å². The van der Waals surface area contributed by atoms with Crippen LogP contribution in [0.5, 0.6) is 5.75 Å². The van der Waals surface area contributed by atoms with Crippen molar-refractivity contribution in [2.75, 3.05) is 38.7 Å². The van der Waals surface area contributed by atoms with Crippen LogP contribution in [0.3, 0.4) is 0 Å². The van der Waals surface area contributed by atoms with Crippen molar-refractivity contribution in [2.24, 2.45) is 5.92 Å².